The van der Waals surface area contributed by atoms with Gasteiger partial charge in [-0.2, -0.15) is 0 Å². The molecule has 5 heteroatoms. The van der Waals surface area contributed by atoms with Gasteiger partial charge in [0.05, 0.1) is 6.42 Å². The average molecular weight is 303 g/mol. The fourth-order valence-electron chi connectivity index (χ4n) is 2.07. The number of aromatic nitrogens is 2. The van der Waals surface area contributed by atoms with E-state index in [0.717, 1.165) is 16.7 Å². The van der Waals surface area contributed by atoms with Gasteiger partial charge >= 0.3 is 0 Å². The highest BCUT2D eigenvalue weighted by Crippen LogP contribution is 2.24. The summed E-state index contributed by atoms with van der Waals surface area (Å²) in [5, 5.41) is 8.43. The standard InChI is InChI=1S/C16H12ClFN2O/c1-10-4-2-3-5-13(10)16-20-19-15(21-16)8-11-6-7-12(18)9-14(11)17/h2-7,9H,8H2,1H3. The Hall–Kier alpha value is -2.20. The van der Waals surface area contributed by atoms with Crippen LogP contribution in [0.5, 0.6) is 0 Å². The van der Waals surface area contributed by atoms with E-state index < -0.39 is 0 Å². The van der Waals surface area contributed by atoms with Crippen LogP contribution in [0.2, 0.25) is 5.02 Å². The smallest absolute Gasteiger partial charge is 0.248 e. The molecule has 0 aliphatic heterocycles. The van der Waals surface area contributed by atoms with Gasteiger partial charge in [-0.15, -0.1) is 10.2 Å². The molecular formula is C16H12ClFN2O. The van der Waals surface area contributed by atoms with E-state index in [1.165, 1.54) is 12.1 Å². The molecule has 0 bridgehead atoms. The Kier molecular flexibility index (Phi) is 3.71. The molecule has 0 fully saturated rings. The monoisotopic (exact) mass is 302 g/mol. The lowest BCUT2D eigenvalue weighted by atomic mass is 10.1. The second-order valence-electron chi connectivity index (χ2n) is 4.73. The molecule has 0 aliphatic rings. The van der Waals surface area contributed by atoms with Crippen molar-refractivity contribution >= 4 is 11.6 Å². The van der Waals surface area contributed by atoms with Gasteiger partial charge in [0.25, 0.3) is 0 Å². The van der Waals surface area contributed by atoms with Crippen LogP contribution in [0.4, 0.5) is 4.39 Å². The van der Waals surface area contributed by atoms with Gasteiger partial charge in [-0.1, -0.05) is 35.9 Å². The molecule has 3 aromatic rings. The summed E-state index contributed by atoms with van der Waals surface area (Å²) in [4.78, 5) is 0. The molecule has 0 amide bonds. The van der Waals surface area contributed by atoms with Crippen molar-refractivity contribution in [3.8, 4) is 11.5 Å². The van der Waals surface area contributed by atoms with Crippen molar-refractivity contribution < 1.29 is 8.81 Å². The lowest BCUT2D eigenvalue weighted by Crippen LogP contribution is -1.90. The van der Waals surface area contributed by atoms with Gasteiger partial charge in [-0.25, -0.2) is 4.39 Å². The molecule has 2 aromatic carbocycles. The van der Waals surface area contributed by atoms with Crippen molar-refractivity contribution in [3.05, 3.63) is 70.3 Å². The van der Waals surface area contributed by atoms with Crippen molar-refractivity contribution in [2.24, 2.45) is 0 Å². The average Bonchev–Trinajstić information content (AvgIpc) is 2.91. The van der Waals surface area contributed by atoms with Crippen molar-refractivity contribution in [3.63, 3.8) is 0 Å². The Bertz CT molecular complexity index is 785. The summed E-state index contributed by atoms with van der Waals surface area (Å²) in [5.41, 5.74) is 2.71. The van der Waals surface area contributed by atoms with Gasteiger partial charge in [0, 0.05) is 10.6 Å². The van der Waals surface area contributed by atoms with Gasteiger partial charge < -0.3 is 4.42 Å². The summed E-state index contributed by atoms with van der Waals surface area (Å²) >= 11 is 6.00. The quantitative estimate of drug-likeness (QED) is 0.718. The topological polar surface area (TPSA) is 38.9 Å². The first-order valence-corrected chi connectivity index (χ1v) is 6.83. The van der Waals surface area contributed by atoms with Gasteiger partial charge in [-0.05, 0) is 36.2 Å². The second kappa shape index (κ2) is 5.66. The Morgan fingerprint density at radius 1 is 1.14 bits per heavy atom. The third kappa shape index (κ3) is 2.95. The molecule has 0 saturated carbocycles. The van der Waals surface area contributed by atoms with Crippen LogP contribution in [0.1, 0.15) is 17.0 Å². The molecule has 0 saturated heterocycles. The van der Waals surface area contributed by atoms with Crippen LogP contribution in [0.25, 0.3) is 11.5 Å². The number of aryl methyl sites for hydroxylation is 1. The first kappa shape index (κ1) is 13.8. The maximum atomic E-state index is 13.0. The van der Waals surface area contributed by atoms with Crippen LogP contribution in [0.3, 0.4) is 0 Å². The molecule has 0 aliphatic carbocycles. The van der Waals surface area contributed by atoms with Crippen LogP contribution in [-0.2, 0) is 6.42 Å². The lowest BCUT2D eigenvalue weighted by molar-refractivity contribution is 0.517. The number of nitrogens with zero attached hydrogens (tertiary/aromatic N) is 2. The molecule has 0 radical (unpaired) electrons. The molecule has 0 N–H and O–H groups in total. The van der Waals surface area contributed by atoms with Crippen molar-refractivity contribution in [2.45, 2.75) is 13.3 Å². The van der Waals surface area contributed by atoms with Crippen LogP contribution >= 0.6 is 11.6 Å². The van der Waals surface area contributed by atoms with Gasteiger partial charge in [0.1, 0.15) is 5.82 Å². The fraction of sp³-hybridized carbons (Fsp3) is 0.125. The number of halogens is 2. The number of rotatable bonds is 3. The lowest BCUT2D eigenvalue weighted by Gasteiger charge is -2.01. The van der Waals surface area contributed by atoms with E-state index >= 15 is 0 Å². The normalized spacial score (nSPS) is 10.8. The van der Waals surface area contributed by atoms with E-state index in [0.29, 0.717) is 23.2 Å². The zero-order chi connectivity index (χ0) is 14.8. The number of hydrogen-bond donors (Lipinski definition) is 0. The zero-order valence-electron chi connectivity index (χ0n) is 11.3. The summed E-state index contributed by atoms with van der Waals surface area (Å²) < 4.78 is 18.7. The summed E-state index contributed by atoms with van der Waals surface area (Å²) in [7, 11) is 0. The predicted octanol–water partition coefficient (Wildman–Crippen LogP) is 4.43. The fourth-order valence-corrected chi connectivity index (χ4v) is 2.31. The molecule has 0 spiro atoms. The minimum Gasteiger partial charge on any atom is -0.420 e. The van der Waals surface area contributed by atoms with E-state index in [9.17, 15) is 4.39 Å². The van der Waals surface area contributed by atoms with E-state index in [-0.39, 0.29) is 5.82 Å². The number of hydrogen-bond acceptors (Lipinski definition) is 3. The van der Waals surface area contributed by atoms with Gasteiger partial charge in [0.15, 0.2) is 0 Å². The first-order valence-electron chi connectivity index (χ1n) is 6.46. The third-order valence-electron chi connectivity index (χ3n) is 3.20. The van der Waals surface area contributed by atoms with E-state index in [4.69, 9.17) is 16.0 Å². The highest BCUT2D eigenvalue weighted by atomic mass is 35.5. The molecule has 1 heterocycles. The first-order chi connectivity index (χ1) is 10.1. The Morgan fingerprint density at radius 3 is 2.71 bits per heavy atom. The predicted molar refractivity (Wildman–Crippen MR) is 78.7 cm³/mol. The Balaban J connectivity index is 1.87. The van der Waals surface area contributed by atoms with Crippen LogP contribution in [-0.4, -0.2) is 10.2 Å². The van der Waals surface area contributed by atoms with Gasteiger partial charge in [0.2, 0.25) is 11.8 Å². The molecule has 3 rings (SSSR count). The van der Waals surface area contributed by atoms with Crippen molar-refractivity contribution in [1.82, 2.24) is 10.2 Å². The minimum absolute atomic E-state index is 0.352. The van der Waals surface area contributed by atoms with Crippen LogP contribution in [0, 0.1) is 12.7 Å². The molecular weight excluding hydrogens is 291 g/mol. The highest BCUT2D eigenvalue weighted by Gasteiger charge is 2.12. The maximum absolute atomic E-state index is 13.0. The third-order valence-corrected chi connectivity index (χ3v) is 3.55. The highest BCUT2D eigenvalue weighted by molar-refractivity contribution is 6.31. The second-order valence-corrected chi connectivity index (χ2v) is 5.14. The number of benzene rings is 2. The van der Waals surface area contributed by atoms with Gasteiger partial charge in [-0.3, -0.25) is 0 Å². The largest absolute Gasteiger partial charge is 0.420 e. The van der Waals surface area contributed by atoms with Crippen LogP contribution < -0.4 is 0 Å². The van der Waals surface area contributed by atoms with E-state index in [1.54, 1.807) is 6.07 Å². The minimum atomic E-state index is -0.366. The van der Waals surface area contributed by atoms with Crippen molar-refractivity contribution in [2.75, 3.05) is 0 Å². The molecule has 0 atom stereocenters. The molecule has 106 valence electrons. The maximum Gasteiger partial charge on any atom is 0.248 e. The Morgan fingerprint density at radius 2 is 1.95 bits per heavy atom. The molecule has 1 aromatic heterocycles. The summed E-state index contributed by atoms with van der Waals surface area (Å²) in [6.07, 6.45) is 0.373. The van der Waals surface area contributed by atoms with Crippen LogP contribution in [0.15, 0.2) is 46.9 Å². The summed E-state index contributed by atoms with van der Waals surface area (Å²) in [6.45, 7) is 1.98. The molecule has 21 heavy (non-hydrogen) atoms. The Labute approximate surface area is 126 Å². The summed E-state index contributed by atoms with van der Waals surface area (Å²) in [5.74, 6) is 0.554. The van der Waals surface area contributed by atoms with Crippen molar-refractivity contribution in [1.29, 1.82) is 0 Å². The van der Waals surface area contributed by atoms with E-state index in [2.05, 4.69) is 10.2 Å². The SMILES string of the molecule is Cc1ccccc1-c1nnc(Cc2ccc(F)cc2Cl)o1. The summed E-state index contributed by atoms with van der Waals surface area (Å²) in [6, 6.07) is 12.0. The zero-order valence-corrected chi connectivity index (χ0v) is 12.1. The molecule has 0 unspecified atom stereocenters. The van der Waals surface area contributed by atoms with E-state index in [1.807, 2.05) is 31.2 Å². The molecule has 3 nitrogen and oxygen atoms in total.